The lowest BCUT2D eigenvalue weighted by molar-refractivity contribution is 0.0944. The van der Waals surface area contributed by atoms with Crippen molar-refractivity contribution in [1.29, 1.82) is 0 Å². The lowest BCUT2D eigenvalue weighted by Gasteiger charge is -2.12. The van der Waals surface area contributed by atoms with Crippen molar-refractivity contribution in [3.05, 3.63) is 21.5 Å². The van der Waals surface area contributed by atoms with E-state index in [2.05, 4.69) is 20.2 Å². The summed E-state index contributed by atoms with van der Waals surface area (Å²) >= 11 is 2.89. The Hall–Kier alpha value is -1.67. The fourth-order valence-corrected chi connectivity index (χ4v) is 3.88. The molecule has 112 valence electrons. The lowest BCUT2D eigenvalue weighted by Crippen LogP contribution is -2.26. The van der Waals surface area contributed by atoms with Crippen molar-refractivity contribution in [1.82, 2.24) is 15.3 Å². The maximum Gasteiger partial charge on any atom is 0.265 e. The number of hydrogen-bond donors (Lipinski definition) is 2. The molecule has 0 bridgehead atoms. The zero-order valence-corrected chi connectivity index (χ0v) is 13.3. The van der Waals surface area contributed by atoms with Gasteiger partial charge < -0.3 is 16.0 Å². The number of carbonyl (C=O) groups is 1. The van der Waals surface area contributed by atoms with E-state index in [-0.39, 0.29) is 11.9 Å². The summed E-state index contributed by atoms with van der Waals surface area (Å²) < 4.78 is 0. The summed E-state index contributed by atoms with van der Waals surface area (Å²) in [4.78, 5) is 23.5. The Balaban J connectivity index is 1.72. The van der Waals surface area contributed by atoms with Crippen LogP contribution in [0.25, 0.3) is 0 Å². The molecule has 1 unspecified atom stereocenters. The molecular formula is C13H17N5OS2. The van der Waals surface area contributed by atoms with Gasteiger partial charge in [-0.15, -0.1) is 11.3 Å². The van der Waals surface area contributed by atoms with Gasteiger partial charge in [0.05, 0.1) is 6.04 Å². The number of thiazole rings is 2. The second kappa shape index (κ2) is 5.98. The van der Waals surface area contributed by atoms with E-state index in [1.807, 2.05) is 12.3 Å². The Kier molecular flexibility index (Phi) is 4.07. The molecule has 6 nitrogen and oxygen atoms in total. The minimum Gasteiger partial charge on any atom is -0.382 e. The normalized spacial score (nSPS) is 16.1. The van der Waals surface area contributed by atoms with Crippen molar-refractivity contribution in [2.24, 2.45) is 0 Å². The van der Waals surface area contributed by atoms with Crippen molar-refractivity contribution >= 4 is 39.5 Å². The first-order valence-electron chi connectivity index (χ1n) is 6.86. The maximum absolute atomic E-state index is 12.3. The summed E-state index contributed by atoms with van der Waals surface area (Å²) in [5.74, 6) is 0.129. The molecule has 0 saturated carbocycles. The average Bonchev–Trinajstić information content (AvgIpc) is 3.20. The predicted octanol–water partition coefficient (Wildman–Crippen LogP) is 2.27. The molecule has 1 saturated heterocycles. The maximum atomic E-state index is 12.3. The van der Waals surface area contributed by atoms with Crippen LogP contribution in [0.3, 0.4) is 0 Å². The van der Waals surface area contributed by atoms with E-state index in [1.165, 1.54) is 35.5 Å². The summed E-state index contributed by atoms with van der Waals surface area (Å²) in [5.41, 5.74) is 5.90. The van der Waals surface area contributed by atoms with Gasteiger partial charge in [0.25, 0.3) is 5.91 Å². The number of amides is 1. The molecule has 8 heteroatoms. The molecular weight excluding hydrogens is 306 g/mol. The zero-order valence-electron chi connectivity index (χ0n) is 11.7. The molecule has 1 aliphatic rings. The fourth-order valence-electron chi connectivity index (χ4n) is 2.30. The van der Waals surface area contributed by atoms with E-state index in [1.54, 1.807) is 6.20 Å². The number of carbonyl (C=O) groups excluding carboxylic acids is 1. The summed E-state index contributed by atoms with van der Waals surface area (Å²) in [6.07, 6.45) is 4.07. The van der Waals surface area contributed by atoms with Crippen molar-refractivity contribution in [3.63, 3.8) is 0 Å². The first kappa shape index (κ1) is 14.3. The van der Waals surface area contributed by atoms with Gasteiger partial charge >= 0.3 is 0 Å². The highest BCUT2D eigenvalue weighted by atomic mass is 32.1. The minimum absolute atomic E-state index is 0.130. The largest absolute Gasteiger partial charge is 0.382 e. The smallest absolute Gasteiger partial charge is 0.265 e. The number of nitrogens with zero attached hydrogens (tertiary/aromatic N) is 3. The standard InChI is InChI=1S/C13H17N5OS2/c1-8(12-15-4-7-20-12)16-11(19)9-10(14)17-13(21-9)18-5-2-3-6-18/h4,7-8H,2-3,5-6,14H2,1H3,(H,16,19). The molecule has 1 fully saturated rings. The SMILES string of the molecule is CC(NC(=O)c1sc(N2CCCC2)nc1N)c1nccs1. The van der Waals surface area contributed by atoms with Gasteiger partial charge in [0.15, 0.2) is 5.13 Å². The quantitative estimate of drug-likeness (QED) is 0.902. The molecule has 0 aliphatic carbocycles. The summed E-state index contributed by atoms with van der Waals surface area (Å²) in [6.45, 7) is 3.89. The fraction of sp³-hybridized carbons (Fsp3) is 0.462. The van der Waals surface area contributed by atoms with Crippen molar-refractivity contribution < 1.29 is 4.79 Å². The second-order valence-electron chi connectivity index (χ2n) is 4.97. The molecule has 3 N–H and O–H groups in total. The molecule has 1 aliphatic heterocycles. The van der Waals surface area contributed by atoms with Crippen molar-refractivity contribution in [2.75, 3.05) is 23.7 Å². The third-order valence-corrected chi connectivity index (χ3v) is 5.48. The number of aromatic nitrogens is 2. The minimum atomic E-state index is -0.182. The molecule has 2 aromatic rings. The van der Waals surface area contributed by atoms with E-state index >= 15 is 0 Å². The average molecular weight is 323 g/mol. The zero-order chi connectivity index (χ0) is 14.8. The van der Waals surface area contributed by atoms with Crippen molar-refractivity contribution in [3.8, 4) is 0 Å². The Bertz CT molecular complexity index is 619. The lowest BCUT2D eigenvalue weighted by atomic mass is 10.3. The molecule has 1 atom stereocenters. The van der Waals surface area contributed by atoms with Crippen LogP contribution < -0.4 is 16.0 Å². The van der Waals surface area contributed by atoms with E-state index in [0.29, 0.717) is 10.7 Å². The highest BCUT2D eigenvalue weighted by Crippen LogP contribution is 2.30. The molecule has 0 spiro atoms. The Morgan fingerprint density at radius 1 is 1.48 bits per heavy atom. The monoisotopic (exact) mass is 323 g/mol. The molecule has 3 heterocycles. The van der Waals surface area contributed by atoms with Gasteiger partial charge in [0.2, 0.25) is 0 Å². The number of hydrogen-bond acceptors (Lipinski definition) is 7. The third-order valence-electron chi connectivity index (χ3n) is 3.39. The molecule has 0 aromatic carbocycles. The van der Waals surface area contributed by atoms with Gasteiger partial charge in [0, 0.05) is 24.7 Å². The van der Waals surface area contributed by atoms with Crippen LogP contribution in [0.2, 0.25) is 0 Å². The Morgan fingerprint density at radius 2 is 2.24 bits per heavy atom. The number of nitrogens with two attached hydrogens (primary N) is 1. The van der Waals surface area contributed by atoms with Gasteiger partial charge in [-0.1, -0.05) is 11.3 Å². The number of rotatable bonds is 4. The van der Waals surface area contributed by atoms with Crippen LogP contribution in [0.1, 0.15) is 40.5 Å². The van der Waals surface area contributed by atoms with Crippen LogP contribution in [0.5, 0.6) is 0 Å². The highest BCUT2D eigenvalue weighted by Gasteiger charge is 2.23. The van der Waals surface area contributed by atoms with Gasteiger partial charge in [0.1, 0.15) is 15.7 Å². The Morgan fingerprint density at radius 3 is 2.90 bits per heavy atom. The number of nitrogen functional groups attached to an aromatic ring is 1. The third kappa shape index (κ3) is 3.01. The topological polar surface area (TPSA) is 84.1 Å². The predicted molar refractivity (Wildman–Crippen MR) is 86.0 cm³/mol. The summed E-state index contributed by atoms with van der Waals surface area (Å²) in [7, 11) is 0. The van der Waals surface area contributed by atoms with Crippen LogP contribution >= 0.6 is 22.7 Å². The van der Waals surface area contributed by atoms with Crippen LogP contribution in [0.15, 0.2) is 11.6 Å². The van der Waals surface area contributed by atoms with Crippen LogP contribution in [-0.4, -0.2) is 29.0 Å². The van der Waals surface area contributed by atoms with Crippen LogP contribution in [0.4, 0.5) is 10.9 Å². The van der Waals surface area contributed by atoms with E-state index in [4.69, 9.17) is 5.73 Å². The first-order chi connectivity index (χ1) is 10.1. The number of anilines is 2. The van der Waals surface area contributed by atoms with Crippen molar-refractivity contribution in [2.45, 2.75) is 25.8 Å². The van der Waals surface area contributed by atoms with Gasteiger partial charge in [-0.25, -0.2) is 9.97 Å². The van der Waals surface area contributed by atoms with E-state index < -0.39 is 0 Å². The van der Waals surface area contributed by atoms with Gasteiger partial charge in [-0.05, 0) is 19.8 Å². The Labute approximate surface area is 131 Å². The van der Waals surface area contributed by atoms with Crippen LogP contribution in [-0.2, 0) is 0 Å². The molecule has 1 amide bonds. The molecule has 21 heavy (non-hydrogen) atoms. The number of nitrogens with one attached hydrogen (secondary N) is 1. The molecule has 0 radical (unpaired) electrons. The van der Waals surface area contributed by atoms with Crippen LogP contribution in [0, 0.1) is 0 Å². The van der Waals surface area contributed by atoms with E-state index in [9.17, 15) is 4.79 Å². The van der Waals surface area contributed by atoms with Gasteiger partial charge in [-0.2, -0.15) is 0 Å². The highest BCUT2D eigenvalue weighted by molar-refractivity contribution is 7.18. The van der Waals surface area contributed by atoms with Gasteiger partial charge in [-0.3, -0.25) is 4.79 Å². The molecule has 3 rings (SSSR count). The van der Waals surface area contributed by atoms with E-state index in [0.717, 1.165) is 23.2 Å². The second-order valence-corrected chi connectivity index (χ2v) is 6.87. The summed E-state index contributed by atoms with van der Waals surface area (Å²) in [6, 6.07) is -0.130. The molecule has 2 aromatic heterocycles. The summed E-state index contributed by atoms with van der Waals surface area (Å²) in [5, 5.41) is 6.54. The first-order valence-corrected chi connectivity index (χ1v) is 8.56.